The van der Waals surface area contributed by atoms with Crippen molar-refractivity contribution >= 4 is 12.4 Å². The van der Waals surface area contributed by atoms with Crippen LogP contribution >= 0.6 is 12.4 Å². The maximum absolute atomic E-state index is 9.02. The largest absolute Gasteiger partial charge is 0.425 e. The van der Waals surface area contributed by atoms with Crippen molar-refractivity contribution in [2.24, 2.45) is 11.7 Å². The van der Waals surface area contributed by atoms with Gasteiger partial charge in [0.15, 0.2) is 0 Å². The zero-order valence-electron chi connectivity index (χ0n) is 12.3. The van der Waals surface area contributed by atoms with Crippen LogP contribution < -0.4 is 5.73 Å². The molecule has 3 N–H and O–H groups in total. The highest BCUT2D eigenvalue weighted by molar-refractivity contribution is 5.85. The Morgan fingerprint density at radius 2 is 2.00 bits per heavy atom. The Kier molecular flexibility index (Phi) is 6.81. The molecule has 0 amide bonds. The molecule has 0 aliphatic rings. The highest BCUT2D eigenvalue weighted by Gasteiger charge is 2.16. The second-order valence-electron chi connectivity index (χ2n) is 5.28. The molecule has 5 nitrogen and oxygen atoms in total. The number of hydrogen-bond donors (Lipinski definition) is 2. The average molecular weight is 312 g/mol. The van der Waals surface area contributed by atoms with Gasteiger partial charge in [0.05, 0.1) is 13.0 Å². The van der Waals surface area contributed by atoms with Crippen molar-refractivity contribution in [3.63, 3.8) is 0 Å². The summed E-state index contributed by atoms with van der Waals surface area (Å²) in [7, 11) is 0. The first-order valence-corrected chi connectivity index (χ1v) is 6.81. The van der Waals surface area contributed by atoms with Crippen molar-refractivity contribution in [3.8, 4) is 0 Å². The fourth-order valence-electron chi connectivity index (χ4n) is 2.05. The van der Waals surface area contributed by atoms with Gasteiger partial charge in [0.2, 0.25) is 11.8 Å². The Morgan fingerprint density at radius 1 is 1.29 bits per heavy atom. The SMILES string of the molecule is Cc1cccc(Cc2nnc(CC(C)C(N)CO)o2)c1.Cl. The molecule has 2 aromatic rings. The second-order valence-corrected chi connectivity index (χ2v) is 5.28. The van der Waals surface area contributed by atoms with Gasteiger partial charge >= 0.3 is 0 Å². The van der Waals surface area contributed by atoms with Crippen LogP contribution in [0, 0.1) is 12.8 Å². The summed E-state index contributed by atoms with van der Waals surface area (Å²) in [6.07, 6.45) is 1.22. The second kappa shape index (κ2) is 8.12. The third-order valence-electron chi connectivity index (χ3n) is 3.38. The van der Waals surface area contributed by atoms with Crippen molar-refractivity contribution in [3.05, 3.63) is 47.2 Å². The van der Waals surface area contributed by atoms with Gasteiger partial charge in [-0.25, -0.2) is 0 Å². The Hall–Kier alpha value is -1.43. The molecule has 6 heteroatoms. The first kappa shape index (κ1) is 17.6. The number of aromatic nitrogens is 2. The van der Waals surface area contributed by atoms with Crippen LogP contribution in [0.25, 0.3) is 0 Å². The van der Waals surface area contributed by atoms with Gasteiger partial charge in [0, 0.05) is 12.5 Å². The summed E-state index contributed by atoms with van der Waals surface area (Å²) >= 11 is 0. The molecule has 1 heterocycles. The van der Waals surface area contributed by atoms with E-state index < -0.39 is 0 Å². The first-order chi connectivity index (χ1) is 9.58. The fourth-order valence-corrected chi connectivity index (χ4v) is 2.05. The van der Waals surface area contributed by atoms with Crippen molar-refractivity contribution < 1.29 is 9.52 Å². The van der Waals surface area contributed by atoms with E-state index in [4.69, 9.17) is 15.3 Å². The lowest BCUT2D eigenvalue weighted by atomic mass is 10.00. The number of rotatable bonds is 6. The minimum absolute atomic E-state index is 0. The van der Waals surface area contributed by atoms with Gasteiger partial charge in [0.1, 0.15) is 0 Å². The zero-order valence-corrected chi connectivity index (χ0v) is 13.1. The van der Waals surface area contributed by atoms with Gasteiger partial charge in [-0.2, -0.15) is 0 Å². The monoisotopic (exact) mass is 311 g/mol. The number of nitrogens with two attached hydrogens (primary N) is 1. The lowest BCUT2D eigenvalue weighted by Gasteiger charge is -2.14. The van der Waals surface area contributed by atoms with E-state index in [-0.39, 0.29) is 31.0 Å². The van der Waals surface area contributed by atoms with Crippen molar-refractivity contribution in [2.45, 2.75) is 32.7 Å². The topological polar surface area (TPSA) is 85.2 Å². The van der Waals surface area contributed by atoms with Crippen molar-refractivity contribution in [1.82, 2.24) is 10.2 Å². The summed E-state index contributed by atoms with van der Waals surface area (Å²) in [5, 5.41) is 17.1. The predicted molar refractivity (Wildman–Crippen MR) is 83.5 cm³/mol. The Labute approximate surface area is 131 Å². The van der Waals surface area contributed by atoms with Crippen LogP contribution in [0.2, 0.25) is 0 Å². The summed E-state index contributed by atoms with van der Waals surface area (Å²) in [6, 6.07) is 7.96. The molecular formula is C15H22ClN3O2. The van der Waals surface area contributed by atoms with E-state index >= 15 is 0 Å². The maximum atomic E-state index is 9.02. The van der Waals surface area contributed by atoms with Crippen LogP contribution in [0.4, 0.5) is 0 Å². The quantitative estimate of drug-likeness (QED) is 0.851. The standard InChI is InChI=1S/C15H21N3O2.ClH/c1-10-4-3-5-12(6-10)8-15-18-17-14(20-15)7-11(2)13(16)9-19;/h3-6,11,13,19H,7-9,16H2,1-2H3;1H. The summed E-state index contributed by atoms with van der Waals surface area (Å²) < 4.78 is 5.63. The molecule has 0 saturated carbocycles. The van der Waals surface area contributed by atoms with E-state index in [0.717, 1.165) is 5.56 Å². The minimum atomic E-state index is -0.262. The Balaban J connectivity index is 0.00000220. The molecular weight excluding hydrogens is 290 g/mol. The molecule has 1 aromatic heterocycles. The van der Waals surface area contributed by atoms with Crippen molar-refractivity contribution in [1.29, 1.82) is 0 Å². The summed E-state index contributed by atoms with van der Waals surface area (Å²) in [6.45, 7) is 3.98. The van der Waals surface area contributed by atoms with Crippen molar-refractivity contribution in [2.75, 3.05) is 6.61 Å². The fraction of sp³-hybridized carbons (Fsp3) is 0.467. The van der Waals surface area contributed by atoms with E-state index in [9.17, 15) is 0 Å². The van der Waals surface area contributed by atoms with E-state index in [1.165, 1.54) is 5.56 Å². The molecule has 116 valence electrons. The molecule has 0 aliphatic heterocycles. The average Bonchev–Trinajstić information content (AvgIpc) is 2.85. The molecule has 2 atom stereocenters. The minimum Gasteiger partial charge on any atom is -0.425 e. The van der Waals surface area contributed by atoms with E-state index in [2.05, 4.69) is 29.3 Å². The number of halogens is 1. The molecule has 0 radical (unpaired) electrons. The maximum Gasteiger partial charge on any atom is 0.220 e. The van der Waals surface area contributed by atoms with E-state index in [1.807, 2.05) is 19.1 Å². The summed E-state index contributed by atoms with van der Waals surface area (Å²) in [4.78, 5) is 0. The van der Waals surface area contributed by atoms with Crippen LogP contribution in [0.1, 0.15) is 29.8 Å². The molecule has 2 unspecified atom stereocenters. The van der Waals surface area contributed by atoms with E-state index in [0.29, 0.717) is 24.6 Å². The number of aliphatic hydroxyl groups is 1. The van der Waals surface area contributed by atoms with Gasteiger partial charge in [-0.3, -0.25) is 0 Å². The predicted octanol–water partition coefficient (Wildman–Crippen LogP) is 1.89. The number of hydrogen-bond acceptors (Lipinski definition) is 5. The van der Waals surface area contributed by atoms with Crippen LogP contribution in [0.5, 0.6) is 0 Å². The number of nitrogens with zero attached hydrogens (tertiary/aromatic N) is 2. The smallest absolute Gasteiger partial charge is 0.220 e. The molecule has 0 fully saturated rings. The molecule has 0 spiro atoms. The first-order valence-electron chi connectivity index (χ1n) is 6.81. The lowest BCUT2D eigenvalue weighted by Crippen LogP contribution is -2.33. The Bertz CT molecular complexity index is 559. The zero-order chi connectivity index (χ0) is 14.5. The molecule has 0 bridgehead atoms. The van der Waals surface area contributed by atoms with Gasteiger partial charge in [-0.15, -0.1) is 22.6 Å². The van der Waals surface area contributed by atoms with Gasteiger partial charge in [-0.05, 0) is 18.4 Å². The molecule has 0 aliphatic carbocycles. The van der Waals surface area contributed by atoms with Crippen LogP contribution in [-0.4, -0.2) is 28.0 Å². The van der Waals surface area contributed by atoms with Crippen LogP contribution in [0.3, 0.4) is 0 Å². The van der Waals surface area contributed by atoms with Gasteiger partial charge < -0.3 is 15.3 Å². The van der Waals surface area contributed by atoms with E-state index in [1.54, 1.807) is 0 Å². The molecule has 21 heavy (non-hydrogen) atoms. The number of aryl methyl sites for hydroxylation is 1. The number of benzene rings is 1. The normalized spacial score (nSPS) is 13.5. The van der Waals surface area contributed by atoms with Crippen LogP contribution in [0.15, 0.2) is 28.7 Å². The molecule has 1 aromatic carbocycles. The van der Waals surface area contributed by atoms with Crippen LogP contribution in [-0.2, 0) is 12.8 Å². The Morgan fingerprint density at radius 3 is 2.67 bits per heavy atom. The third kappa shape index (κ3) is 5.12. The summed E-state index contributed by atoms with van der Waals surface area (Å²) in [5.41, 5.74) is 8.14. The van der Waals surface area contributed by atoms with Gasteiger partial charge in [-0.1, -0.05) is 36.8 Å². The van der Waals surface area contributed by atoms with Gasteiger partial charge in [0.25, 0.3) is 0 Å². The molecule has 0 saturated heterocycles. The molecule has 2 rings (SSSR count). The lowest BCUT2D eigenvalue weighted by molar-refractivity contribution is 0.227. The summed E-state index contributed by atoms with van der Waals surface area (Å²) in [5.74, 6) is 1.28. The third-order valence-corrected chi connectivity index (χ3v) is 3.38. The number of aliphatic hydroxyl groups excluding tert-OH is 1. The highest BCUT2D eigenvalue weighted by Crippen LogP contribution is 2.13. The highest BCUT2D eigenvalue weighted by atomic mass is 35.5.